The second-order valence-electron chi connectivity index (χ2n) is 6.55. The minimum atomic E-state index is -0.347. The van der Waals surface area contributed by atoms with Gasteiger partial charge >= 0.3 is 0 Å². The summed E-state index contributed by atoms with van der Waals surface area (Å²) in [7, 11) is 0. The number of carbonyl (C=O) groups excluding carboxylic acids is 2. The van der Waals surface area contributed by atoms with Crippen molar-refractivity contribution in [2.24, 2.45) is 0 Å². The van der Waals surface area contributed by atoms with Crippen molar-refractivity contribution in [2.45, 2.75) is 32.3 Å². The first kappa shape index (κ1) is 19.4. The number of ether oxygens (including phenoxy) is 1. The molecule has 1 N–H and O–H groups in total. The molecule has 1 aliphatic heterocycles. The first-order chi connectivity index (χ1) is 13.0. The van der Waals surface area contributed by atoms with Gasteiger partial charge in [-0.1, -0.05) is 12.1 Å². The van der Waals surface area contributed by atoms with Crippen molar-refractivity contribution >= 4 is 28.3 Å². The van der Waals surface area contributed by atoms with Crippen LogP contribution in [-0.2, 0) is 20.7 Å². The van der Waals surface area contributed by atoms with E-state index in [9.17, 15) is 14.0 Å². The molecule has 1 atom stereocenters. The number of carbonyl (C=O) groups is 2. The zero-order chi connectivity index (χ0) is 19.2. The largest absolute Gasteiger partial charge is 0.376 e. The number of aromatic nitrogens is 1. The predicted octanol–water partition coefficient (Wildman–Crippen LogP) is 2.78. The van der Waals surface area contributed by atoms with Crippen LogP contribution in [-0.4, -0.2) is 47.5 Å². The molecule has 1 saturated heterocycles. The number of amides is 2. The highest BCUT2D eigenvalue weighted by Gasteiger charge is 2.24. The molecule has 0 radical (unpaired) electrons. The number of halogens is 1. The summed E-state index contributed by atoms with van der Waals surface area (Å²) in [5.74, 6) is -0.835. The van der Waals surface area contributed by atoms with Crippen LogP contribution < -0.4 is 5.32 Å². The molecular weight excluding hydrogens is 369 g/mol. The molecule has 8 heteroatoms. The standard InChI is InChI=1S/C19H22FN3O3S/c1-13-12-27-19(21-13)22-17(24)11-23(10-16-3-2-8-26-16)18(25)9-14-4-6-15(20)7-5-14/h4-7,12,16H,2-3,8-11H2,1H3,(H,21,22,24)/t16-/m1/s1. The van der Waals surface area contributed by atoms with Gasteiger partial charge in [-0.3, -0.25) is 9.59 Å². The van der Waals surface area contributed by atoms with Crippen molar-refractivity contribution in [2.75, 3.05) is 25.0 Å². The summed E-state index contributed by atoms with van der Waals surface area (Å²) in [5, 5.41) is 5.09. The molecule has 1 aromatic heterocycles. The molecule has 0 unspecified atom stereocenters. The van der Waals surface area contributed by atoms with E-state index in [2.05, 4.69) is 10.3 Å². The minimum Gasteiger partial charge on any atom is -0.376 e. The molecule has 1 aliphatic rings. The molecule has 0 bridgehead atoms. The maximum Gasteiger partial charge on any atom is 0.245 e. The van der Waals surface area contributed by atoms with Gasteiger partial charge in [0.15, 0.2) is 5.13 Å². The molecule has 1 aromatic carbocycles. The first-order valence-electron chi connectivity index (χ1n) is 8.85. The van der Waals surface area contributed by atoms with Gasteiger partial charge in [-0.25, -0.2) is 9.37 Å². The van der Waals surface area contributed by atoms with E-state index in [0.717, 1.165) is 18.5 Å². The van der Waals surface area contributed by atoms with Crippen molar-refractivity contribution in [3.05, 3.63) is 46.7 Å². The van der Waals surface area contributed by atoms with Gasteiger partial charge in [0.1, 0.15) is 12.4 Å². The SMILES string of the molecule is Cc1csc(NC(=O)CN(C[C@H]2CCCO2)C(=O)Cc2ccc(F)cc2)n1. The number of nitrogens with one attached hydrogen (secondary N) is 1. The maximum atomic E-state index is 13.1. The summed E-state index contributed by atoms with van der Waals surface area (Å²) >= 11 is 1.34. The lowest BCUT2D eigenvalue weighted by Crippen LogP contribution is -2.43. The zero-order valence-electron chi connectivity index (χ0n) is 15.1. The highest BCUT2D eigenvalue weighted by atomic mass is 32.1. The van der Waals surface area contributed by atoms with E-state index in [1.807, 2.05) is 12.3 Å². The van der Waals surface area contributed by atoms with Crippen molar-refractivity contribution in [1.29, 1.82) is 0 Å². The minimum absolute atomic E-state index is 0.0583. The van der Waals surface area contributed by atoms with Crippen LogP contribution in [0.25, 0.3) is 0 Å². The monoisotopic (exact) mass is 391 g/mol. The summed E-state index contributed by atoms with van der Waals surface area (Å²) in [5.41, 5.74) is 1.54. The third kappa shape index (κ3) is 5.83. The predicted molar refractivity (Wildman–Crippen MR) is 101 cm³/mol. The van der Waals surface area contributed by atoms with Gasteiger partial charge < -0.3 is 15.0 Å². The van der Waals surface area contributed by atoms with E-state index in [-0.39, 0.29) is 36.7 Å². The maximum absolute atomic E-state index is 13.1. The lowest BCUT2D eigenvalue weighted by Gasteiger charge is -2.25. The van der Waals surface area contributed by atoms with Crippen LogP contribution >= 0.6 is 11.3 Å². The molecular formula is C19H22FN3O3S. The average molecular weight is 391 g/mol. The molecule has 0 spiro atoms. The number of benzene rings is 1. The Bertz CT molecular complexity index is 788. The van der Waals surface area contributed by atoms with Gasteiger partial charge in [-0.05, 0) is 37.5 Å². The quantitative estimate of drug-likeness (QED) is 0.788. The number of anilines is 1. The Morgan fingerprint density at radius 1 is 1.37 bits per heavy atom. The molecule has 1 fully saturated rings. The molecule has 3 rings (SSSR count). The van der Waals surface area contributed by atoms with Gasteiger partial charge in [-0.2, -0.15) is 0 Å². The van der Waals surface area contributed by atoms with Crippen LogP contribution in [0.1, 0.15) is 24.1 Å². The fourth-order valence-corrected chi connectivity index (χ4v) is 3.63. The second-order valence-corrected chi connectivity index (χ2v) is 7.41. The van der Waals surface area contributed by atoms with Crippen molar-refractivity contribution < 1.29 is 18.7 Å². The van der Waals surface area contributed by atoms with Crippen LogP contribution in [0.4, 0.5) is 9.52 Å². The third-order valence-corrected chi connectivity index (χ3v) is 5.14. The molecule has 0 saturated carbocycles. The van der Waals surface area contributed by atoms with Crippen LogP contribution in [0.2, 0.25) is 0 Å². The van der Waals surface area contributed by atoms with Gasteiger partial charge in [0.05, 0.1) is 18.2 Å². The van der Waals surface area contributed by atoms with E-state index >= 15 is 0 Å². The van der Waals surface area contributed by atoms with Crippen molar-refractivity contribution in [3.63, 3.8) is 0 Å². The van der Waals surface area contributed by atoms with Crippen molar-refractivity contribution in [1.82, 2.24) is 9.88 Å². The Kier molecular flexibility index (Phi) is 6.52. The Labute approximate surface area is 161 Å². The van der Waals surface area contributed by atoms with E-state index in [1.54, 1.807) is 12.1 Å². The van der Waals surface area contributed by atoms with Gasteiger partial charge in [0.25, 0.3) is 0 Å². The smallest absolute Gasteiger partial charge is 0.245 e. The Balaban J connectivity index is 1.64. The number of rotatable bonds is 7. The molecule has 6 nitrogen and oxygen atoms in total. The molecule has 2 heterocycles. The van der Waals surface area contributed by atoms with E-state index in [1.165, 1.54) is 28.4 Å². The molecule has 2 amide bonds. The summed E-state index contributed by atoms with van der Waals surface area (Å²) in [6, 6.07) is 5.81. The summed E-state index contributed by atoms with van der Waals surface area (Å²) < 4.78 is 18.7. The van der Waals surface area contributed by atoms with E-state index in [0.29, 0.717) is 23.8 Å². The fraction of sp³-hybridized carbons (Fsp3) is 0.421. The molecule has 144 valence electrons. The van der Waals surface area contributed by atoms with Crippen LogP contribution in [0.5, 0.6) is 0 Å². The van der Waals surface area contributed by atoms with Gasteiger partial charge in [0.2, 0.25) is 11.8 Å². The first-order valence-corrected chi connectivity index (χ1v) is 9.73. The molecule has 0 aliphatic carbocycles. The highest BCUT2D eigenvalue weighted by Crippen LogP contribution is 2.16. The molecule has 2 aromatic rings. The average Bonchev–Trinajstić information content (AvgIpc) is 3.28. The normalized spacial score (nSPS) is 16.3. The second kappa shape index (κ2) is 9.05. The number of aryl methyl sites for hydroxylation is 1. The summed E-state index contributed by atoms with van der Waals surface area (Å²) in [6.45, 7) is 2.82. The topological polar surface area (TPSA) is 71.5 Å². The fourth-order valence-electron chi connectivity index (χ4n) is 2.92. The van der Waals surface area contributed by atoms with E-state index < -0.39 is 0 Å². The number of nitrogens with zero attached hydrogens (tertiary/aromatic N) is 2. The number of hydrogen-bond acceptors (Lipinski definition) is 5. The number of hydrogen-bond donors (Lipinski definition) is 1. The Hall–Kier alpha value is -2.32. The summed E-state index contributed by atoms with van der Waals surface area (Å²) in [6.07, 6.45) is 1.87. The highest BCUT2D eigenvalue weighted by molar-refractivity contribution is 7.13. The van der Waals surface area contributed by atoms with Crippen LogP contribution in [0, 0.1) is 12.7 Å². The van der Waals surface area contributed by atoms with Gasteiger partial charge in [0, 0.05) is 18.5 Å². The van der Waals surface area contributed by atoms with E-state index in [4.69, 9.17) is 4.74 Å². The lowest BCUT2D eigenvalue weighted by atomic mass is 10.1. The third-order valence-electron chi connectivity index (χ3n) is 4.27. The lowest BCUT2D eigenvalue weighted by molar-refractivity contribution is -0.135. The van der Waals surface area contributed by atoms with Crippen LogP contribution in [0.15, 0.2) is 29.6 Å². The van der Waals surface area contributed by atoms with Gasteiger partial charge in [-0.15, -0.1) is 11.3 Å². The molecule has 27 heavy (non-hydrogen) atoms. The Morgan fingerprint density at radius 3 is 2.78 bits per heavy atom. The number of thiazole rings is 1. The van der Waals surface area contributed by atoms with Crippen molar-refractivity contribution in [3.8, 4) is 0 Å². The zero-order valence-corrected chi connectivity index (χ0v) is 15.9. The Morgan fingerprint density at radius 2 is 2.15 bits per heavy atom. The summed E-state index contributed by atoms with van der Waals surface area (Å²) in [4.78, 5) is 30.9. The van der Waals surface area contributed by atoms with Crippen LogP contribution in [0.3, 0.4) is 0 Å².